The van der Waals surface area contributed by atoms with Crippen LogP contribution in [-0.2, 0) is 6.18 Å². The summed E-state index contributed by atoms with van der Waals surface area (Å²) in [6.07, 6.45) is -0.807. The van der Waals surface area contributed by atoms with Crippen molar-refractivity contribution in [3.05, 3.63) is 41.7 Å². The van der Waals surface area contributed by atoms with Crippen molar-refractivity contribution in [2.75, 3.05) is 23.3 Å². The second-order valence-electron chi connectivity index (χ2n) is 5.91. The van der Waals surface area contributed by atoms with Crippen LogP contribution in [0.4, 0.5) is 30.5 Å². The third-order valence-electron chi connectivity index (χ3n) is 3.99. The van der Waals surface area contributed by atoms with Gasteiger partial charge in [-0.1, -0.05) is 0 Å². The minimum Gasteiger partial charge on any atom is -0.356 e. The standard InChI is InChI=1S/C17H19F3N4/c1-12-21-15(11-16(22-12)24-9-3-2-4-10-24)23-14-7-5-13(6-8-14)17(18,19)20/h5-8,11H,2-4,9-10H2,1H3,(H,21,22,23). The molecule has 2 aromatic rings. The highest BCUT2D eigenvalue weighted by Crippen LogP contribution is 2.30. The predicted octanol–water partition coefficient (Wildman–Crippen LogP) is 4.54. The molecule has 0 spiro atoms. The van der Waals surface area contributed by atoms with Gasteiger partial charge in [-0.05, 0) is 50.5 Å². The number of rotatable bonds is 3. The molecule has 1 aromatic carbocycles. The first-order valence-electron chi connectivity index (χ1n) is 7.97. The van der Waals surface area contributed by atoms with Crippen LogP contribution in [0.3, 0.4) is 0 Å². The summed E-state index contributed by atoms with van der Waals surface area (Å²) in [6, 6.07) is 6.77. The molecule has 1 aliphatic rings. The molecule has 0 saturated carbocycles. The van der Waals surface area contributed by atoms with Gasteiger partial charge in [0.2, 0.25) is 0 Å². The summed E-state index contributed by atoms with van der Waals surface area (Å²) in [7, 11) is 0. The number of aryl methyl sites for hydroxylation is 1. The number of aromatic nitrogens is 2. The minimum atomic E-state index is -4.33. The number of anilines is 3. The normalized spacial score (nSPS) is 15.4. The fourth-order valence-electron chi connectivity index (χ4n) is 2.79. The average molecular weight is 336 g/mol. The number of piperidine rings is 1. The van der Waals surface area contributed by atoms with Crippen LogP contribution in [0.15, 0.2) is 30.3 Å². The number of hydrogen-bond acceptors (Lipinski definition) is 4. The lowest BCUT2D eigenvalue weighted by atomic mass is 10.1. The zero-order valence-corrected chi connectivity index (χ0v) is 13.4. The van der Waals surface area contributed by atoms with Crippen molar-refractivity contribution in [2.45, 2.75) is 32.4 Å². The molecule has 0 unspecified atom stereocenters. The smallest absolute Gasteiger partial charge is 0.356 e. The van der Waals surface area contributed by atoms with Crippen LogP contribution in [0.5, 0.6) is 0 Å². The number of nitrogens with one attached hydrogen (secondary N) is 1. The van der Waals surface area contributed by atoms with Gasteiger partial charge in [0, 0.05) is 24.8 Å². The maximum atomic E-state index is 12.6. The third-order valence-corrected chi connectivity index (χ3v) is 3.99. The van der Waals surface area contributed by atoms with E-state index >= 15 is 0 Å². The lowest BCUT2D eigenvalue weighted by Crippen LogP contribution is -2.30. The van der Waals surface area contributed by atoms with Crippen molar-refractivity contribution < 1.29 is 13.2 Å². The number of alkyl halides is 3. The van der Waals surface area contributed by atoms with Gasteiger partial charge in [-0.2, -0.15) is 13.2 Å². The van der Waals surface area contributed by atoms with Crippen LogP contribution in [0, 0.1) is 6.92 Å². The van der Waals surface area contributed by atoms with E-state index in [4.69, 9.17) is 0 Å². The third kappa shape index (κ3) is 3.96. The van der Waals surface area contributed by atoms with Gasteiger partial charge >= 0.3 is 6.18 Å². The predicted molar refractivity (Wildman–Crippen MR) is 87.6 cm³/mol. The van der Waals surface area contributed by atoms with E-state index in [0.29, 0.717) is 17.3 Å². The zero-order valence-electron chi connectivity index (χ0n) is 13.4. The van der Waals surface area contributed by atoms with Crippen LogP contribution in [-0.4, -0.2) is 23.1 Å². The first-order valence-corrected chi connectivity index (χ1v) is 7.97. The molecular formula is C17H19F3N4. The Morgan fingerprint density at radius 3 is 2.29 bits per heavy atom. The Morgan fingerprint density at radius 1 is 1.00 bits per heavy atom. The molecule has 128 valence electrons. The second kappa shape index (κ2) is 6.67. The summed E-state index contributed by atoms with van der Waals surface area (Å²) in [5.74, 6) is 2.08. The molecule has 1 aromatic heterocycles. The first-order chi connectivity index (χ1) is 11.4. The molecule has 2 heterocycles. The molecule has 4 nitrogen and oxygen atoms in total. The lowest BCUT2D eigenvalue weighted by molar-refractivity contribution is -0.137. The van der Waals surface area contributed by atoms with Gasteiger partial charge in [-0.3, -0.25) is 0 Å². The van der Waals surface area contributed by atoms with Gasteiger partial charge in [0.15, 0.2) is 0 Å². The molecular weight excluding hydrogens is 317 g/mol. The van der Waals surface area contributed by atoms with E-state index in [2.05, 4.69) is 20.2 Å². The molecule has 1 aliphatic heterocycles. The molecule has 1 N–H and O–H groups in total. The van der Waals surface area contributed by atoms with Crippen LogP contribution in [0.1, 0.15) is 30.7 Å². The molecule has 0 radical (unpaired) electrons. The van der Waals surface area contributed by atoms with E-state index in [9.17, 15) is 13.2 Å². The van der Waals surface area contributed by atoms with Crippen molar-refractivity contribution in [3.63, 3.8) is 0 Å². The van der Waals surface area contributed by atoms with E-state index in [1.54, 1.807) is 0 Å². The summed E-state index contributed by atoms with van der Waals surface area (Å²) in [6.45, 7) is 3.75. The Balaban J connectivity index is 1.78. The van der Waals surface area contributed by atoms with Gasteiger partial charge < -0.3 is 10.2 Å². The van der Waals surface area contributed by atoms with Crippen LogP contribution in [0.25, 0.3) is 0 Å². The molecule has 0 atom stereocenters. The van der Waals surface area contributed by atoms with Crippen LogP contribution >= 0.6 is 0 Å². The van der Waals surface area contributed by atoms with Crippen molar-refractivity contribution in [1.29, 1.82) is 0 Å². The molecule has 24 heavy (non-hydrogen) atoms. The minimum absolute atomic E-state index is 0.561. The van der Waals surface area contributed by atoms with Crippen LogP contribution < -0.4 is 10.2 Å². The molecule has 1 saturated heterocycles. The molecule has 0 bridgehead atoms. The summed E-state index contributed by atoms with van der Waals surface area (Å²) in [5, 5.41) is 3.06. The number of nitrogens with zero attached hydrogens (tertiary/aromatic N) is 3. The Labute approximate surface area is 138 Å². The van der Waals surface area contributed by atoms with Crippen molar-refractivity contribution in [1.82, 2.24) is 9.97 Å². The fraction of sp³-hybridized carbons (Fsp3) is 0.412. The summed E-state index contributed by atoms with van der Waals surface area (Å²) >= 11 is 0. The fourth-order valence-corrected chi connectivity index (χ4v) is 2.79. The monoisotopic (exact) mass is 336 g/mol. The molecule has 0 aliphatic carbocycles. The lowest BCUT2D eigenvalue weighted by Gasteiger charge is -2.28. The van der Waals surface area contributed by atoms with Gasteiger partial charge in [-0.15, -0.1) is 0 Å². The molecule has 0 amide bonds. The Hall–Kier alpha value is -2.31. The summed E-state index contributed by atoms with van der Waals surface area (Å²) in [4.78, 5) is 11.0. The molecule has 1 fully saturated rings. The Kier molecular flexibility index (Phi) is 4.59. The second-order valence-corrected chi connectivity index (χ2v) is 5.91. The number of halogens is 3. The van der Waals surface area contributed by atoms with E-state index in [1.165, 1.54) is 18.6 Å². The topological polar surface area (TPSA) is 41.1 Å². The van der Waals surface area contributed by atoms with Gasteiger partial charge in [0.05, 0.1) is 5.56 Å². The zero-order chi connectivity index (χ0) is 17.2. The largest absolute Gasteiger partial charge is 0.416 e. The Morgan fingerprint density at radius 2 is 1.67 bits per heavy atom. The summed E-state index contributed by atoms with van der Waals surface area (Å²) < 4.78 is 37.8. The summed E-state index contributed by atoms with van der Waals surface area (Å²) in [5.41, 5.74) is -0.105. The van der Waals surface area contributed by atoms with Crippen molar-refractivity contribution in [3.8, 4) is 0 Å². The van der Waals surface area contributed by atoms with Crippen molar-refractivity contribution in [2.24, 2.45) is 0 Å². The SMILES string of the molecule is Cc1nc(Nc2ccc(C(F)(F)F)cc2)cc(N2CCCCC2)n1. The average Bonchev–Trinajstić information content (AvgIpc) is 2.55. The highest BCUT2D eigenvalue weighted by molar-refractivity contribution is 5.60. The molecule has 3 rings (SSSR count). The quantitative estimate of drug-likeness (QED) is 0.893. The van der Waals surface area contributed by atoms with E-state index < -0.39 is 11.7 Å². The van der Waals surface area contributed by atoms with Gasteiger partial charge in [-0.25, -0.2) is 9.97 Å². The highest BCUT2D eigenvalue weighted by atomic mass is 19.4. The van der Waals surface area contributed by atoms with Crippen LogP contribution in [0.2, 0.25) is 0 Å². The van der Waals surface area contributed by atoms with E-state index in [0.717, 1.165) is 43.9 Å². The maximum absolute atomic E-state index is 12.6. The number of hydrogen-bond donors (Lipinski definition) is 1. The number of benzene rings is 1. The van der Waals surface area contributed by atoms with E-state index in [1.807, 2.05) is 13.0 Å². The molecule has 7 heteroatoms. The maximum Gasteiger partial charge on any atom is 0.416 e. The van der Waals surface area contributed by atoms with Gasteiger partial charge in [0.1, 0.15) is 17.5 Å². The van der Waals surface area contributed by atoms with Crippen molar-refractivity contribution >= 4 is 17.3 Å². The highest BCUT2D eigenvalue weighted by Gasteiger charge is 2.29. The van der Waals surface area contributed by atoms with Gasteiger partial charge in [0.25, 0.3) is 0 Å². The Bertz CT molecular complexity index is 692. The first kappa shape index (κ1) is 16.5. The van der Waals surface area contributed by atoms with E-state index in [-0.39, 0.29) is 0 Å².